The second-order valence-corrected chi connectivity index (χ2v) is 5.72. The maximum Gasteiger partial charge on any atom is 0.222 e. The molecule has 2 aliphatic heterocycles. The average molecular weight is 286 g/mol. The van der Waals surface area contributed by atoms with Gasteiger partial charge in [0.2, 0.25) is 5.91 Å². The van der Waals surface area contributed by atoms with Crippen LogP contribution < -0.4 is 5.32 Å². The number of likely N-dealkylation sites (N-methyl/N-ethyl adjacent to an activating group) is 1. The summed E-state index contributed by atoms with van der Waals surface area (Å²) in [5.74, 6) is 1.25. The first-order valence-electron chi connectivity index (χ1n) is 7.57. The lowest BCUT2D eigenvalue weighted by molar-refractivity contribution is -0.128. The van der Waals surface area contributed by atoms with Crippen LogP contribution in [-0.4, -0.2) is 48.3 Å². The fourth-order valence-corrected chi connectivity index (χ4v) is 2.83. The zero-order chi connectivity index (χ0) is 14.7. The summed E-state index contributed by atoms with van der Waals surface area (Å²) < 4.78 is 0. The minimum absolute atomic E-state index is 0.278. The normalized spacial score (nSPS) is 18.3. The quantitative estimate of drug-likeness (QED) is 0.905. The highest BCUT2D eigenvalue weighted by atomic mass is 16.2. The zero-order valence-corrected chi connectivity index (χ0v) is 12.5. The number of hydrogen-bond donors (Lipinski definition) is 1. The molecule has 1 aromatic carbocycles. The van der Waals surface area contributed by atoms with E-state index in [4.69, 9.17) is 0 Å². The van der Waals surface area contributed by atoms with Crippen LogP contribution in [0.1, 0.15) is 24.0 Å². The van der Waals surface area contributed by atoms with Crippen molar-refractivity contribution >= 4 is 11.9 Å². The Balaban J connectivity index is 1.59. The van der Waals surface area contributed by atoms with Gasteiger partial charge in [-0.15, -0.1) is 0 Å². The molecule has 2 heterocycles. The molecular weight excluding hydrogens is 264 g/mol. The van der Waals surface area contributed by atoms with Crippen LogP contribution in [-0.2, 0) is 17.9 Å². The number of rotatable bonds is 4. The highest BCUT2D eigenvalue weighted by molar-refractivity contribution is 5.81. The molecule has 3 rings (SSSR count). The van der Waals surface area contributed by atoms with E-state index in [1.165, 1.54) is 11.1 Å². The van der Waals surface area contributed by atoms with Crippen molar-refractivity contribution < 1.29 is 4.79 Å². The van der Waals surface area contributed by atoms with Gasteiger partial charge in [-0.3, -0.25) is 9.79 Å². The molecule has 1 N–H and O–H groups in total. The van der Waals surface area contributed by atoms with Gasteiger partial charge in [0.15, 0.2) is 5.96 Å². The van der Waals surface area contributed by atoms with Crippen LogP contribution in [0.15, 0.2) is 29.3 Å². The first-order valence-corrected chi connectivity index (χ1v) is 7.57. The van der Waals surface area contributed by atoms with Crippen LogP contribution in [0.4, 0.5) is 0 Å². The standard InChI is InChI=1S/C16H22N4O/c1-19-9-7-17-16(19)18-11-13-4-2-5-14(10-13)12-20-8-3-6-15(20)21/h2,4-5,10H,3,6-9,11-12H2,1H3,(H,17,18). The highest BCUT2D eigenvalue weighted by Crippen LogP contribution is 2.15. The first kappa shape index (κ1) is 13.9. The third-order valence-corrected chi connectivity index (χ3v) is 4.05. The van der Waals surface area contributed by atoms with E-state index >= 15 is 0 Å². The average Bonchev–Trinajstić information content (AvgIpc) is 3.07. The zero-order valence-electron chi connectivity index (χ0n) is 12.5. The molecule has 112 valence electrons. The summed E-state index contributed by atoms with van der Waals surface area (Å²) in [6.07, 6.45) is 1.69. The molecule has 0 radical (unpaired) electrons. The van der Waals surface area contributed by atoms with Crippen molar-refractivity contribution in [2.24, 2.45) is 4.99 Å². The predicted molar refractivity (Wildman–Crippen MR) is 82.9 cm³/mol. The Kier molecular flexibility index (Phi) is 4.08. The Bertz CT molecular complexity index is 555. The molecule has 5 nitrogen and oxygen atoms in total. The molecule has 0 spiro atoms. The second-order valence-electron chi connectivity index (χ2n) is 5.72. The summed E-state index contributed by atoms with van der Waals surface area (Å²) in [5, 5.41) is 3.37. The van der Waals surface area contributed by atoms with Gasteiger partial charge < -0.3 is 15.1 Å². The molecule has 5 heteroatoms. The minimum atomic E-state index is 0.278. The van der Waals surface area contributed by atoms with Crippen LogP contribution >= 0.6 is 0 Å². The van der Waals surface area contributed by atoms with Crippen LogP contribution in [0.5, 0.6) is 0 Å². The van der Waals surface area contributed by atoms with E-state index in [0.717, 1.165) is 45.1 Å². The Labute approximate surface area is 125 Å². The molecule has 1 saturated heterocycles. The lowest BCUT2D eigenvalue weighted by atomic mass is 10.1. The van der Waals surface area contributed by atoms with Gasteiger partial charge in [0.05, 0.1) is 6.54 Å². The number of amides is 1. The van der Waals surface area contributed by atoms with Crippen LogP contribution in [0.25, 0.3) is 0 Å². The largest absolute Gasteiger partial charge is 0.352 e. The highest BCUT2D eigenvalue weighted by Gasteiger charge is 2.20. The molecule has 1 fully saturated rings. The van der Waals surface area contributed by atoms with E-state index in [9.17, 15) is 4.79 Å². The van der Waals surface area contributed by atoms with Gasteiger partial charge in [0, 0.05) is 39.6 Å². The second kappa shape index (κ2) is 6.16. The minimum Gasteiger partial charge on any atom is -0.352 e. The van der Waals surface area contributed by atoms with Gasteiger partial charge in [0.1, 0.15) is 0 Å². The van der Waals surface area contributed by atoms with Gasteiger partial charge in [-0.2, -0.15) is 0 Å². The Morgan fingerprint density at radius 3 is 2.86 bits per heavy atom. The molecule has 0 saturated carbocycles. The van der Waals surface area contributed by atoms with Gasteiger partial charge >= 0.3 is 0 Å². The fourth-order valence-electron chi connectivity index (χ4n) is 2.83. The molecular formula is C16H22N4O. The number of guanidine groups is 1. The third-order valence-electron chi connectivity index (χ3n) is 4.05. The molecule has 0 atom stereocenters. The summed E-state index contributed by atoms with van der Waals surface area (Å²) in [7, 11) is 2.05. The Morgan fingerprint density at radius 2 is 2.14 bits per heavy atom. The summed E-state index contributed by atoms with van der Waals surface area (Å²) >= 11 is 0. The molecule has 21 heavy (non-hydrogen) atoms. The molecule has 0 bridgehead atoms. The number of hydrogen-bond acceptors (Lipinski definition) is 4. The van der Waals surface area contributed by atoms with E-state index in [-0.39, 0.29) is 5.91 Å². The van der Waals surface area contributed by atoms with Gasteiger partial charge in [-0.25, -0.2) is 0 Å². The van der Waals surface area contributed by atoms with Crippen molar-refractivity contribution in [2.45, 2.75) is 25.9 Å². The lowest BCUT2D eigenvalue weighted by Crippen LogP contribution is -2.35. The SMILES string of the molecule is CN1CCN=C1NCc1cccc(CN2CCCC2=O)c1. The number of aliphatic imine (C=N–C) groups is 1. The summed E-state index contributed by atoms with van der Waals surface area (Å²) in [6.45, 7) is 4.25. The molecule has 0 unspecified atom stereocenters. The van der Waals surface area contributed by atoms with Crippen molar-refractivity contribution in [3.05, 3.63) is 35.4 Å². The first-order chi connectivity index (χ1) is 10.2. The van der Waals surface area contributed by atoms with E-state index < -0.39 is 0 Å². The monoisotopic (exact) mass is 286 g/mol. The van der Waals surface area contributed by atoms with Crippen molar-refractivity contribution in [2.75, 3.05) is 26.7 Å². The fraction of sp³-hybridized carbons (Fsp3) is 0.500. The van der Waals surface area contributed by atoms with Crippen LogP contribution in [0, 0.1) is 0 Å². The smallest absolute Gasteiger partial charge is 0.222 e. The Morgan fingerprint density at radius 1 is 1.29 bits per heavy atom. The summed E-state index contributed by atoms with van der Waals surface area (Å²) in [4.78, 5) is 20.2. The summed E-state index contributed by atoms with van der Waals surface area (Å²) in [5.41, 5.74) is 2.42. The van der Waals surface area contributed by atoms with Crippen molar-refractivity contribution in [1.82, 2.24) is 15.1 Å². The van der Waals surface area contributed by atoms with E-state index in [2.05, 4.69) is 39.5 Å². The maximum absolute atomic E-state index is 11.7. The topological polar surface area (TPSA) is 47.9 Å². The molecule has 2 aliphatic rings. The number of benzene rings is 1. The van der Waals surface area contributed by atoms with Crippen LogP contribution in [0.3, 0.4) is 0 Å². The van der Waals surface area contributed by atoms with E-state index in [1.54, 1.807) is 0 Å². The number of likely N-dealkylation sites (tertiary alicyclic amines) is 1. The summed E-state index contributed by atoms with van der Waals surface area (Å²) in [6, 6.07) is 8.44. The predicted octanol–water partition coefficient (Wildman–Crippen LogP) is 1.20. The van der Waals surface area contributed by atoms with E-state index in [1.807, 2.05) is 11.9 Å². The number of carbonyl (C=O) groups excluding carboxylic acids is 1. The molecule has 0 aliphatic carbocycles. The maximum atomic E-state index is 11.7. The molecule has 1 amide bonds. The third kappa shape index (κ3) is 3.35. The number of nitrogens with zero attached hydrogens (tertiary/aromatic N) is 3. The number of nitrogens with one attached hydrogen (secondary N) is 1. The van der Waals surface area contributed by atoms with Crippen molar-refractivity contribution in [3.8, 4) is 0 Å². The van der Waals surface area contributed by atoms with Gasteiger partial charge in [0.25, 0.3) is 0 Å². The van der Waals surface area contributed by atoms with Crippen molar-refractivity contribution in [3.63, 3.8) is 0 Å². The Hall–Kier alpha value is -2.04. The van der Waals surface area contributed by atoms with Crippen molar-refractivity contribution in [1.29, 1.82) is 0 Å². The van der Waals surface area contributed by atoms with E-state index in [0.29, 0.717) is 6.42 Å². The van der Waals surface area contributed by atoms with Gasteiger partial charge in [-0.1, -0.05) is 24.3 Å². The number of carbonyl (C=O) groups is 1. The lowest BCUT2D eigenvalue weighted by Gasteiger charge is -2.17. The molecule has 1 aromatic rings. The molecule has 0 aromatic heterocycles. The van der Waals surface area contributed by atoms with Crippen LogP contribution in [0.2, 0.25) is 0 Å². The van der Waals surface area contributed by atoms with Gasteiger partial charge in [-0.05, 0) is 17.5 Å².